The van der Waals surface area contributed by atoms with E-state index in [4.69, 9.17) is 83.5 Å². The summed E-state index contributed by atoms with van der Waals surface area (Å²) in [5.41, 5.74) is 0. The largest absolute Gasteiger partial charge is 5.00 e. The molecule has 130 valence electrons. The quantitative estimate of drug-likeness (QED) is 0.348. The van der Waals surface area contributed by atoms with Crippen molar-refractivity contribution in [3.63, 3.8) is 0 Å². The average molecular weight is 578 g/mol. The van der Waals surface area contributed by atoms with Crippen LogP contribution in [0.1, 0.15) is 0 Å². The summed E-state index contributed by atoms with van der Waals surface area (Å²) in [7, 11) is 0. The number of alkyl halides is 5. The van der Waals surface area contributed by atoms with Crippen molar-refractivity contribution in [2.24, 2.45) is 0 Å². The molecule has 0 N–H and O–H groups in total. The Labute approximate surface area is 167 Å². The first-order valence-corrected chi connectivity index (χ1v) is 7.95. The number of hydrogen-bond donors (Lipinski definition) is 0. The third-order valence-corrected chi connectivity index (χ3v) is 1.16. The predicted octanol–water partition coefficient (Wildman–Crippen LogP) is -2.07. The molecular weight excluding hydrogens is 558 g/mol. The zero-order chi connectivity index (χ0) is 17.1. The molecule has 0 bridgehead atoms. The molecule has 0 unspecified atom stereocenters. The standard InChI is InChI=1S/5C2H4ClO.Ta/c5*3-1-2-4;/h5*1-2H2;/q5*-1;+5. The van der Waals surface area contributed by atoms with E-state index in [1.165, 1.54) is 0 Å². The van der Waals surface area contributed by atoms with Crippen molar-refractivity contribution >= 4 is 58.0 Å². The molecule has 5 nitrogen and oxygen atoms in total. The fraction of sp³-hybridized carbons (Fsp3) is 1.00. The maximum atomic E-state index is 9.17. The first-order chi connectivity index (χ1) is 9.57. The van der Waals surface area contributed by atoms with Crippen LogP contribution in [0.5, 0.6) is 0 Å². The summed E-state index contributed by atoms with van der Waals surface area (Å²) in [6.07, 6.45) is 0. The summed E-state index contributed by atoms with van der Waals surface area (Å²) in [6.45, 7) is -0.826. The Balaban J connectivity index is -0.0000000331. The molecule has 0 rings (SSSR count). The van der Waals surface area contributed by atoms with Gasteiger partial charge in [0, 0.05) is 29.4 Å². The molecule has 0 saturated heterocycles. The van der Waals surface area contributed by atoms with E-state index in [2.05, 4.69) is 0 Å². The minimum absolute atomic E-state index is 0. The second-order valence-corrected chi connectivity index (χ2v) is 3.86. The molecule has 0 aliphatic heterocycles. The molecular formula is C10H20Cl5O5Ta. The molecule has 0 radical (unpaired) electrons. The molecule has 0 spiro atoms. The van der Waals surface area contributed by atoms with E-state index < -0.39 is 0 Å². The van der Waals surface area contributed by atoms with E-state index in [1.54, 1.807) is 0 Å². The topological polar surface area (TPSA) is 115 Å². The van der Waals surface area contributed by atoms with Gasteiger partial charge in [0.25, 0.3) is 0 Å². The smallest absolute Gasteiger partial charge is 0.854 e. The third kappa shape index (κ3) is 180. The molecule has 0 aliphatic carbocycles. The van der Waals surface area contributed by atoms with Crippen LogP contribution in [-0.4, -0.2) is 62.4 Å². The van der Waals surface area contributed by atoms with E-state index >= 15 is 0 Å². The molecule has 0 atom stereocenters. The molecule has 0 saturated carbocycles. The van der Waals surface area contributed by atoms with Crippen LogP contribution in [-0.2, 0) is 22.4 Å². The third-order valence-electron chi connectivity index (χ3n) is 0.386. The Morgan fingerprint density at radius 2 is 0.429 bits per heavy atom. The average Bonchev–Trinajstić information content (AvgIpc) is 2.55. The molecule has 0 amide bonds. The van der Waals surface area contributed by atoms with Crippen molar-refractivity contribution in [3.8, 4) is 0 Å². The number of rotatable bonds is 5. The predicted molar refractivity (Wildman–Crippen MR) is 77.9 cm³/mol. The van der Waals surface area contributed by atoms with Crippen LogP contribution in [0.4, 0.5) is 0 Å². The Bertz CT molecular complexity index is 69.0. The van der Waals surface area contributed by atoms with E-state index in [9.17, 15) is 0 Å². The van der Waals surface area contributed by atoms with Gasteiger partial charge in [-0.05, 0) is 0 Å². The minimum atomic E-state index is -0.165. The summed E-state index contributed by atoms with van der Waals surface area (Å²) < 4.78 is 0. The van der Waals surface area contributed by atoms with Gasteiger partial charge in [-0.15, -0.1) is 91.0 Å². The van der Waals surface area contributed by atoms with Crippen molar-refractivity contribution in [3.05, 3.63) is 0 Å². The monoisotopic (exact) mass is 576 g/mol. The van der Waals surface area contributed by atoms with Crippen molar-refractivity contribution in [2.75, 3.05) is 62.4 Å². The summed E-state index contributed by atoms with van der Waals surface area (Å²) in [4.78, 5) is 0. The molecule has 0 heterocycles. The van der Waals surface area contributed by atoms with E-state index in [-0.39, 0.29) is 84.8 Å². The van der Waals surface area contributed by atoms with E-state index in [1.807, 2.05) is 0 Å². The maximum Gasteiger partial charge on any atom is 5.00 e. The van der Waals surface area contributed by atoms with Crippen LogP contribution in [0.15, 0.2) is 0 Å². The zero-order valence-electron chi connectivity index (χ0n) is 11.4. The molecule has 0 aliphatic rings. The first kappa shape index (κ1) is 38.5. The summed E-state index contributed by atoms with van der Waals surface area (Å²) in [5, 5.41) is 45.8. The maximum absolute atomic E-state index is 9.17. The summed E-state index contributed by atoms with van der Waals surface area (Å²) >= 11 is 24.4. The first-order valence-electron chi connectivity index (χ1n) is 5.28. The molecule has 21 heavy (non-hydrogen) atoms. The normalized spacial score (nSPS) is 7.14. The van der Waals surface area contributed by atoms with Crippen LogP contribution in [0.25, 0.3) is 0 Å². The Morgan fingerprint density at radius 3 is 0.429 bits per heavy atom. The minimum Gasteiger partial charge on any atom is -0.854 e. The van der Waals surface area contributed by atoms with Gasteiger partial charge in [0.2, 0.25) is 0 Å². The van der Waals surface area contributed by atoms with Gasteiger partial charge in [0.15, 0.2) is 0 Å². The summed E-state index contributed by atoms with van der Waals surface area (Å²) in [6, 6.07) is 0. The van der Waals surface area contributed by atoms with Crippen LogP contribution in [0.2, 0.25) is 0 Å². The Morgan fingerprint density at radius 1 is 0.381 bits per heavy atom. The van der Waals surface area contributed by atoms with Gasteiger partial charge < -0.3 is 25.5 Å². The van der Waals surface area contributed by atoms with Gasteiger partial charge >= 0.3 is 22.4 Å². The zero-order valence-corrected chi connectivity index (χ0v) is 18.4. The Hall–Kier alpha value is 1.99. The summed E-state index contributed by atoms with van der Waals surface area (Å²) in [5.74, 6) is 1.18. The van der Waals surface area contributed by atoms with Crippen LogP contribution >= 0.6 is 58.0 Å². The van der Waals surface area contributed by atoms with Gasteiger partial charge in [-0.25, -0.2) is 0 Å². The molecule has 11 heteroatoms. The fourth-order valence-corrected chi connectivity index (χ4v) is 0. The second kappa shape index (κ2) is 67.4. The van der Waals surface area contributed by atoms with Crippen molar-refractivity contribution in [1.82, 2.24) is 0 Å². The van der Waals surface area contributed by atoms with Gasteiger partial charge in [-0.3, -0.25) is 0 Å². The van der Waals surface area contributed by atoms with Gasteiger partial charge in [0.05, 0.1) is 0 Å². The number of hydrogen-bond acceptors (Lipinski definition) is 5. The SMILES string of the molecule is [O-]CCCl.[O-]CCCl.[O-]CCCl.[O-]CCCl.[O-]CCCl.[Ta+5]. The van der Waals surface area contributed by atoms with Crippen LogP contribution in [0.3, 0.4) is 0 Å². The second-order valence-electron chi connectivity index (χ2n) is 1.97. The van der Waals surface area contributed by atoms with Gasteiger partial charge in [-0.1, -0.05) is 0 Å². The molecule has 0 fully saturated rings. The van der Waals surface area contributed by atoms with Crippen molar-refractivity contribution in [2.45, 2.75) is 0 Å². The fourth-order valence-electron chi connectivity index (χ4n) is 0. The molecule has 0 aromatic rings. The van der Waals surface area contributed by atoms with Crippen molar-refractivity contribution < 1.29 is 47.9 Å². The van der Waals surface area contributed by atoms with Gasteiger partial charge in [0.1, 0.15) is 0 Å². The van der Waals surface area contributed by atoms with Gasteiger partial charge in [-0.2, -0.15) is 0 Å². The molecule has 0 aromatic carbocycles. The molecule has 0 aromatic heterocycles. The van der Waals surface area contributed by atoms with Crippen molar-refractivity contribution in [1.29, 1.82) is 0 Å². The van der Waals surface area contributed by atoms with E-state index in [0.29, 0.717) is 0 Å². The number of halogens is 5. The Kier molecular flexibility index (Phi) is 124. The van der Waals surface area contributed by atoms with Crippen LogP contribution in [0, 0.1) is 0 Å². The van der Waals surface area contributed by atoms with Crippen LogP contribution < -0.4 is 25.5 Å². The van der Waals surface area contributed by atoms with E-state index in [0.717, 1.165) is 0 Å².